The van der Waals surface area contributed by atoms with Gasteiger partial charge in [-0.1, -0.05) is 75.7 Å². The number of fused-ring (bicyclic) bond motifs is 1. The van der Waals surface area contributed by atoms with E-state index >= 15 is 0 Å². The number of benzene rings is 3. The van der Waals surface area contributed by atoms with E-state index in [2.05, 4.69) is 37.4 Å². The molecule has 2 N–H and O–H groups in total. The van der Waals surface area contributed by atoms with E-state index in [0.717, 1.165) is 36.0 Å². The van der Waals surface area contributed by atoms with Crippen LogP contribution in [0.2, 0.25) is 0 Å². The van der Waals surface area contributed by atoms with Gasteiger partial charge in [-0.25, -0.2) is 4.79 Å². The summed E-state index contributed by atoms with van der Waals surface area (Å²) < 4.78 is 6.50. The minimum absolute atomic E-state index is 0.0644. The first-order valence-electron chi connectivity index (χ1n) is 14.2. The summed E-state index contributed by atoms with van der Waals surface area (Å²) in [6, 6.07) is 18.5. The molecule has 0 aliphatic heterocycles. The van der Waals surface area contributed by atoms with Crippen LogP contribution in [0.5, 0.6) is 0 Å². The van der Waals surface area contributed by atoms with E-state index in [1.54, 1.807) is 31.2 Å². The summed E-state index contributed by atoms with van der Waals surface area (Å²) >= 11 is 0. The van der Waals surface area contributed by atoms with Crippen LogP contribution in [0.1, 0.15) is 92.5 Å². The number of anilines is 1. The quantitative estimate of drug-likeness (QED) is 0.221. The zero-order valence-corrected chi connectivity index (χ0v) is 24.7. The van der Waals surface area contributed by atoms with Gasteiger partial charge in [0.05, 0.1) is 17.0 Å². The van der Waals surface area contributed by atoms with Crippen molar-refractivity contribution < 1.29 is 14.3 Å². The topological polar surface area (TPSA) is 79.5 Å². The summed E-state index contributed by atoms with van der Waals surface area (Å²) in [6.07, 6.45) is 5.49. The van der Waals surface area contributed by atoms with Crippen LogP contribution in [0, 0.1) is 13.8 Å². The number of rotatable bonds is 9. The number of nitrogens with one attached hydrogen (secondary N) is 1. The summed E-state index contributed by atoms with van der Waals surface area (Å²) in [5, 5.41) is 13.4. The number of allylic oxidation sites excluding steroid dienone is 2. The number of hydrogen-bond donors (Lipinski definition) is 2. The standard InChI is InChI=1S/C33H35NO4.C2H6/c1-6-8-11-23(7-2)24-14-16-25(17-15-24)31-21(4)30(35)28-19-20(3)18-27(32(28)38-31)22(5)34-29-13-10-9-12-26(29)33(36)37;1-2/h7,9-10,12-19,22,34H,6,8,11H2,1-5H3,(H,36,37);1-2H3/b23-7+;. The van der Waals surface area contributed by atoms with Crippen molar-refractivity contribution in [1.82, 2.24) is 0 Å². The molecule has 0 radical (unpaired) electrons. The summed E-state index contributed by atoms with van der Waals surface area (Å²) in [7, 11) is 0. The second kappa shape index (κ2) is 13.8. The average Bonchev–Trinajstić information content (AvgIpc) is 2.97. The summed E-state index contributed by atoms with van der Waals surface area (Å²) in [4.78, 5) is 25.2. The Kier molecular flexibility index (Phi) is 10.5. The molecule has 0 aliphatic carbocycles. The third-order valence-corrected chi connectivity index (χ3v) is 7.05. The molecule has 0 aliphatic rings. The van der Waals surface area contributed by atoms with Crippen LogP contribution in [0.3, 0.4) is 0 Å². The number of aryl methyl sites for hydroxylation is 1. The van der Waals surface area contributed by atoms with Crippen LogP contribution in [-0.4, -0.2) is 11.1 Å². The van der Waals surface area contributed by atoms with E-state index in [4.69, 9.17) is 4.42 Å². The van der Waals surface area contributed by atoms with Gasteiger partial charge in [-0.15, -0.1) is 0 Å². The lowest BCUT2D eigenvalue weighted by Gasteiger charge is -2.20. The molecular formula is C35H41NO4. The van der Waals surface area contributed by atoms with Crippen molar-refractivity contribution >= 4 is 28.2 Å². The highest BCUT2D eigenvalue weighted by atomic mass is 16.4. The van der Waals surface area contributed by atoms with Gasteiger partial charge in [-0.05, 0) is 75.4 Å². The molecule has 5 heteroatoms. The molecule has 5 nitrogen and oxygen atoms in total. The highest BCUT2D eigenvalue weighted by Crippen LogP contribution is 2.33. The zero-order chi connectivity index (χ0) is 29.4. The van der Waals surface area contributed by atoms with E-state index in [-0.39, 0.29) is 17.0 Å². The molecule has 1 unspecified atom stereocenters. The van der Waals surface area contributed by atoms with Gasteiger partial charge in [0.25, 0.3) is 0 Å². The molecule has 3 aromatic carbocycles. The first kappa shape index (κ1) is 30.4. The predicted molar refractivity (Wildman–Crippen MR) is 167 cm³/mol. The molecule has 40 heavy (non-hydrogen) atoms. The maximum Gasteiger partial charge on any atom is 0.337 e. The Bertz CT molecular complexity index is 1560. The van der Waals surface area contributed by atoms with Crippen LogP contribution in [-0.2, 0) is 0 Å². The Morgan fingerprint density at radius 3 is 2.35 bits per heavy atom. The summed E-state index contributed by atoms with van der Waals surface area (Å²) in [5.41, 5.74) is 6.78. The Hall–Kier alpha value is -4.12. The second-order valence-corrected chi connectivity index (χ2v) is 9.83. The summed E-state index contributed by atoms with van der Waals surface area (Å²) in [6.45, 7) is 14.0. The Morgan fingerprint density at radius 2 is 1.73 bits per heavy atom. The largest absolute Gasteiger partial charge is 0.478 e. The van der Waals surface area contributed by atoms with E-state index in [1.807, 2.05) is 52.0 Å². The van der Waals surface area contributed by atoms with Gasteiger partial charge >= 0.3 is 5.97 Å². The van der Waals surface area contributed by atoms with Crippen molar-refractivity contribution in [2.24, 2.45) is 0 Å². The fourth-order valence-corrected chi connectivity index (χ4v) is 4.93. The molecule has 1 heterocycles. The van der Waals surface area contributed by atoms with Gasteiger partial charge in [0.15, 0.2) is 5.43 Å². The van der Waals surface area contributed by atoms with Crippen LogP contribution < -0.4 is 10.7 Å². The molecule has 0 saturated carbocycles. The molecule has 0 amide bonds. The van der Waals surface area contributed by atoms with Crippen LogP contribution in [0.15, 0.2) is 76.0 Å². The molecule has 0 spiro atoms. The number of para-hydroxylation sites is 1. The van der Waals surface area contributed by atoms with Crippen molar-refractivity contribution in [2.45, 2.75) is 73.8 Å². The monoisotopic (exact) mass is 539 g/mol. The smallest absolute Gasteiger partial charge is 0.337 e. The van der Waals surface area contributed by atoms with Gasteiger partial charge in [0.2, 0.25) is 0 Å². The number of carboxylic acids is 1. The maximum absolute atomic E-state index is 13.5. The molecule has 1 aromatic heterocycles. The second-order valence-electron chi connectivity index (χ2n) is 9.83. The highest BCUT2D eigenvalue weighted by molar-refractivity contribution is 5.94. The van der Waals surface area contributed by atoms with Crippen LogP contribution in [0.4, 0.5) is 5.69 Å². The first-order chi connectivity index (χ1) is 19.2. The SMILES string of the molecule is C/C=C(\CCCC)c1ccc(-c2oc3c(C(C)Nc4ccccc4C(=O)O)cc(C)cc3c(=O)c2C)cc1.CC. The van der Waals surface area contributed by atoms with E-state index in [0.29, 0.717) is 28.0 Å². The van der Waals surface area contributed by atoms with Crippen molar-refractivity contribution in [2.75, 3.05) is 5.32 Å². The minimum Gasteiger partial charge on any atom is -0.478 e. The third-order valence-electron chi connectivity index (χ3n) is 7.05. The number of unbranched alkanes of at least 4 members (excludes halogenated alkanes) is 1. The molecular weight excluding hydrogens is 498 g/mol. The van der Waals surface area contributed by atoms with Crippen molar-refractivity contribution in [3.05, 3.63) is 105 Å². The Labute approximate surface area is 237 Å². The predicted octanol–water partition coefficient (Wildman–Crippen LogP) is 9.57. The van der Waals surface area contributed by atoms with E-state index in [1.165, 1.54) is 11.1 Å². The molecule has 0 fully saturated rings. The lowest BCUT2D eigenvalue weighted by Crippen LogP contribution is -2.14. The number of carbonyl (C=O) groups is 1. The van der Waals surface area contributed by atoms with Crippen molar-refractivity contribution in [1.29, 1.82) is 0 Å². The van der Waals surface area contributed by atoms with Crippen molar-refractivity contribution in [3.63, 3.8) is 0 Å². The first-order valence-corrected chi connectivity index (χ1v) is 14.2. The number of carboxylic acid groups (broad SMARTS) is 1. The van der Waals surface area contributed by atoms with Gasteiger partial charge < -0.3 is 14.8 Å². The highest BCUT2D eigenvalue weighted by Gasteiger charge is 2.20. The molecule has 4 aromatic rings. The minimum atomic E-state index is -1.00. The Morgan fingerprint density at radius 1 is 1.05 bits per heavy atom. The fourth-order valence-electron chi connectivity index (χ4n) is 4.93. The number of aromatic carboxylic acids is 1. The van der Waals surface area contributed by atoms with E-state index < -0.39 is 5.97 Å². The van der Waals surface area contributed by atoms with E-state index in [9.17, 15) is 14.7 Å². The lowest BCUT2D eigenvalue weighted by atomic mass is 9.96. The van der Waals surface area contributed by atoms with Gasteiger partial charge in [0, 0.05) is 22.4 Å². The molecule has 210 valence electrons. The van der Waals surface area contributed by atoms with Gasteiger partial charge in [0.1, 0.15) is 11.3 Å². The van der Waals surface area contributed by atoms with Crippen LogP contribution >= 0.6 is 0 Å². The normalized spacial score (nSPS) is 12.0. The molecule has 4 rings (SSSR count). The third kappa shape index (κ3) is 6.53. The summed E-state index contributed by atoms with van der Waals surface area (Å²) in [5.74, 6) is -0.453. The van der Waals surface area contributed by atoms with Gasteiger partial charge in [-0.3, -0.25) is 4.79 Å². The Balaban J connectivity index is 0.00000216. The molecule has 0 saturated heterocycles. The van der Waals surface area contributed by atoms with Crippen molar-refractivity contribution in [3.8, 4) is 11.3 Å². The lowest BCUT2D eigenvalue weighted by molar-refractivity contribution is 0.0698. The van der Waals surface area contributed by atoms with Gasteiger partial charge in [-0.2, -0.15) is 0 Å². The van der Waals surface area contributed by atoms with Crippen LogP contribution in [0.25, 0.3) is 27.9 Å². The fraction of sp³-hybridized carbons (Fsp3) is 0.314. The number of hydrogen-bond acceptors (Lipinski definition) is 4. The maximum atomic E-state index is 13.5. The zero-order valence-electron chi connectivity index (χ0n) is 24.7. The average molecular weight is 540 g/mol. The molecule has 1 atom stereocenters. The molecule has 0 bridgehead atoms.